The standard InChI is InChI=1S/C30H34N2O8.2C2H3N.ClH.2O.Rb.U/c33-27-7-3-1-5-23(27)21-31-25-19-29-30(20-26(25)32-22-24-6-2-4-8-28(24)34)40-18-16-38-14-12-36-10-9-35-11-13-37-15-17-39-29;2*1-2-3;;;;;/h1-8,19-22,33-34H,9-18H2;2*1H3;1H;;;;/q;;;;2*-2;+1;/p-3. The molecule has 0 bridgehead atoms. The topological polar surface area (TPSA) is 231 Å². The van der Waals surface area contributed by atoms with Crippen LogP contribution in [0, 0.1) is 53.8 Å². The van der Waals surface area contributed by atoms with Crippen LogP contribution in [0.15, 0.2) is 70.6 Å². The molecule has 0 saturated carbocycles. The molecule has 3 aromatic rings. The maximum Gasteiger partial charge on any atom is 1.00 e. The maximum absolute atomic E-state index is 12.2. The van der Waals surface area contributed by atoms with E-state index in [0.717, 1.165) is 0 Å². The van der Waals surface area contributed by atoms with Crippen LogP contribution in [0.2, 0.25) is 0 Å². The molecule has 14 nitrogen and oxygen atoms in total. The Balaban J connectivity index is -0.000000938. The summed E-state index contributed by atoms with van der Waals surface area (Å²) in [6, 6.07) is 20.1. The molecule has 1 heterocycles. The third-order valence-electron chi connectivity index (χ3n) is 5.65. The Kier molecular flexibility index (Phi) is 39.9. The summed E-state index contributed by atoms with van der Waals surface area (Å²) in [6.45, 7) is 6.78. The van der Waals surface area contributed by atoms with Gasteiger partial charge in [0.05, 0.1) is 76.4 Å². The van der Waals surface area contributed by atoms with Crippen molar-refractivity contribution in [2.75, 3.05) is 66.1 Å². The normalized spacial score (nSPS) is 13.3. The summed E-state index contributed by atoms with van der Waals surface area (Å²) >= 11 is 0. The Morgan fingerprint density at radius 1 is 0.588 bits per heavy atom. The van der Waals surface area contributed by atoms with E-state index in [1.165, 1.54) is 38.4 Å². The fraction of sp³-hybridized carbons (Fsp3) is 0.353. The van der Waals surface area contributed by atoms with Gasteiger partial charge in [0.15, 0.2) is 11.5 Å². The van der Waals surface area contributed by atoms with Crippen molar-refractivity contribution in [2.45, 2.75) is 13.8 Å². The van der Waals surface area contributed by atoms with E-state index in [2.05, 4.69) is 9.98 Å². The van der Waals surface area contributed by atoms with Gasteiger partial charge in [-0.25, -0.2) is 0 Å². The molecule has 0 saturated heterocycles. The quantitative estimate of drug-likeness (QED) is 0.261. The molecule has 51 heavy (non-hydrogen) atoms. The van der Waals surface area contributed by atoms with E-state index in [4.69, 9.17) is 38.9 Å². The molecule has 0 spiro atoms. The van der Waals surface area contributed by atoms with Crippen molar-refractivity contribution >= 4 is 23.8 Å². The summed E-state index contributed by atoms with van der Waals surface area (Å²) < 4.78 is 34.1. The van der Waals surface area contributed by atoms with Gasteiger partial charge in [0.25, 0.3) is 0 Å². The first kappa shape index (κ1) is 55.8. The number of halogens is 1. The van der Waals surface area contributed by atoms with Crippen molar-refractivity contribution in [3.8, 4) is 35.1 Å². The first-order valence-electron chi connectivity index (χ1n) is 14.5. The largest absolute Gasteiger partial charge is 2.00 e. The fourth-order valence-corrected chi connectivity index (χ4v) is 3.61. The van der Waals surface area contributed by atoms with Gasteiger partial charge in [-0.2, -0.15) is 10.5 Å². The fourth-order valence-electron chi connectivity index (χ4n) is 3.61. The van der Waals surface area contributed by atoms with Crippen LogP contribution in [-0.2, 0) is 29.9 Å². The number of ether oxygens (including phenoxy) is 6. The summed E-state index contributed by atoms with van der Waals surface area (Å²) in [5.41, 5.74) is 1.70. The van der Waals surface area contributed by atoms with Crippen molar-refractivity contribution < 1.29 is 151 Å². The number of nitrogens with zero attached hydrogens (tertiary/aromatic N) is 4. The van der Waals surface area contributed by atoms with Crippen LogP contribution in [0.1, 0.15) is 25.0 Å². The van der Waals surface area contributed by atoms with E-state index >= 15 is 0 Å². The second kappa shape index (κ2) is 36.4. The molecule has 272 valence electrons. The summed E-state index contributed by atoms with van der Waals surface area (Å²) in [7, 11) is 0. The van der Waals surface area contributed by atoms with Gasteiger partial charge in [-0.1, -0.05) is 48.5 Å². The first-order valence-corrected chi connectivity index (χ1v) is 14.5. The smallest absolute Gasteiger partial charge is 1.00 e. The predicted molar refractivity (Wildman–Crippen MR) is 171 cm³/mol. The average Bonchev–Trinajstić information content (AvgIpc) is 3.05. The third kappa shape index (κ3) is 24.1. The molecule has 3 aromatic carbocycles. The molecule has 0 amide bonds. The summed E-state index contributed by atoms with van der Waals surface area (Å²) in [6.07, 6.45) is 2.96. The molecule has 0 N–H and O–H groups in total. The molecular weight excluding hydrogens is 983 g/mol. The van der Waals surface area contributed by atoms with Gasteiger partial charge in [-0.15, -0.1) is 11.5 Å². The molecule has 0 fully saturated rings. The van der Waals surface area contributed by atoms with Crippen molar-refractivity contribution in [3.63, 3.8) is 0 Å². The molecule has 0 aliphatic carbocycles. The van der Waals surface area contributed by atoms with Crippen molar-refractivity contribution in [1.82, 2.24) is 0 Å². The molecular formula is C34H38ClN4O10RbU-6. The van der Waals surface area contributed by atoms with Crippen LogP contribution in [0.5, 0.6) is 23.0 Å². The average molecular weight is 1020 g/mol. The monoisotopic (exact) mass is 1020 g/mol. The molecule has 1 aliphatic rings. The van der Waals surface area contributed by atoms with E-state index < -0.39 is 0 Å². The van der Waals surface area contributed by atoms with E-state index in [1.807, 2.05) is 0 Å². The molecule has 0 radical (unpaired) electrons. The van der Waals surface area contributed by atoms with Crippen LogP contribution < -0.4 is 90.3 Å². The number of nitriles is 2. The minimum absolute atomic E-state index is 0. The van der Waals surface area contributed by atoms with Gasteiger partial charge in [0.2, 0.25) is 0 Å². The van der Waals surface area contributed by atoms with Crippen LogP contribution in [0.25, 0.3) is 0 Å². The van der Waals surface area contributed by atoms with E-state index in [9.17, 15) is 10.2 Å². The van der Waals surface area contributed by atoms with Gasteiger partial charge < -0.3 is 62.0 Å². The zero-order valence-electron chi connectivity index (χ0n) is 28.7. The number of fused-ring (bicyclic) bond motifs is 1. The minimum atomic E-state index is -0.154. The number of rotatable bonds is 4. The van der Waals surface area contributed by atoms with Crippen LogP contribution in [-0.4, -0.2) is 78.5 Å². The van der Waals surface area contributed by atoms with E-state index in [1.54, 1.807) is 60.7 Å². The van der Waals surface area contributed by atoms with Gasteiger partial charge in [0.1, 0.15) is 13.2 Å². The zero-order valence-corrected chi connectivity index (χ0v) is 38.6. The van der Waals surface area contributed by atoms with Crippen molar-refractivity contribution in [1.29, 1.82) is 10.5 Å². The second-order valence-electron chi connectivity index (χ2n) is 8.97. The van der Waals surface area contributed by atoms with Crippen LogP contribution in [0.4, 0.5) is 11.4 Å². The Morgan fingerprint density at radius 3 is 1.16 bits per heavy atom. The van der Waals surface area contributed by atoms with Gasteiger partial charge in [0, 0.05) is 69.5 Å². The van der Waals surface area contributed by atoms with Crippen molar-refractivity contribution in [2.24, 2.45) is 9.98 Å². The Morgan fingerprint density at radius 2 is 0.863 bits per heavy atom. The number of hydrogen-bond acceptors (Lipinski definition) is 12. The minimum Gasteiger partial charge on any atom is -2.00 e. The summed E-state index contributed by atoms with van der Waals surface area (Å²) in [5.74, 6) is 0.545. The molecule has 0 unspecified atom stereocenters. The zero-order chi connectivity index (χ0) is 33.2. The number of aliphatic imine (C=N–C) groups is 2. The SMILES string of the molecule is CC#N.CC#N.[Cl-].[O-2].[O-2].[O-]c1ccccc1C=Nc1cc2c(cc1N=Cc1ccccc1[O-])OCCOCCOCCOCCOCCO2.[Rb+].[U]. The molecule has 17 heteroatoms. The Bertz CT molecular complexity index is 1370. The Labute approximate surface area is 378 Å². The van der Waals surface area contributed by atoms with Crippen molar-refractivity contribution in [3.05, 3.63) is 71.8 Å². The summed E-state index contributed by atoms with van der Waals surface area (Å²) in [4.78, 5) is 9.08. The maximum atomic E-state index is 12.2. The van der Waals surface area contributed by atoms with E-state index in [-0.39, 0.29) is 137 Å². The number of para-hydroxylation sites is 2. The van der Waals surface area contributed by atoms with Crippen LogP contribution in [0.3, 0.4) is 0 Å². The number of benzene rings is 3. The molecule has 1 aliphatic heterocycles. The molecule has 0 aromatic heterocycles. The Hall–Kier alpha value is -1.91. The van der Waals surface area contributed by atoms with E-state index in [0.29, 0.717) is 86.9 Å². The molecule has 0 atom stereocenters. The van der Waals surface area contributed by atoms with Gasteiger partial charge >= 0.3 is 58.2 Å². The van der Waals surface area contributed by atoms with Crippen LogP contribution >= 0.6 is 0 Å². The van der Waals surface area contributed by atoms with Gasteiger partial charge in [-0.05, 0) is 11.1 Å². The predicted octanol–water partition coefficient (Wildman–Crippen LogP) is -2.00. The van der Waals surface area contributed by atoms with Gasteiger partial charge in [-0.3, -0.25) is 9.98 Å². The second-order valence-corrected chi connectivity index (χ2v) is 8.97. The first-order chi connectivity index (χ1) is 22.5. The summed E-state index contributed by atoms with van der Waals surface area (Å²) in [5, 5.41) is 39.1. The third-order valence-corrected chi connectivity index (χ3v) is 5.65. The molecule has 4 rings (SSSR count). The number of hydrogen-bond donors (Lipinski definition) is 0.